The Labute approximate surface area is 189 Å². The van der Waals surface area contributed by atoms with Gasteiger partial charge in [0.15, 0.2) is 6.61 Å². The zero-order valence-corrected chi connectivity index (χ0v) is 18.1. The third kappa shape index (κ3) is 4.73. The van der Waals surface area contributed by atoms with Gasteiger partial charge in [0.05, 0.1) is 10.6 Å². The normalized spacial score (nSPS) is 14.7. The van der Waals surface area contributed by atoms with Crippen molar-refractivity contribution in [2.24, 2.45) is 0 Å². The third-order valence-corrected chi connectivity index (χ3v) is 5.66. The molecular formula is C25H20N2O4S. The number of amides is 3. The Morgan fingerprint density at radius 2 is 1.66 bits per heavy atom. The summed E-state index contributed by atoms with van der Waals surface area (Å²) in [5, 5.41) is 2.46. The van der Waals surface area contributed by atoms with Crippen LogP contribution in [0.25, 0.3) is 6.08 Å². The van der Waals surface area contributed by atoms with Crippen LogP contribution in [0.5, 0.6) is 5.75 Å². The number of nitrogens with one attached hydrogen (secondary N) is 1. The first-order chi connectivity index (χ1) is 15.5. The maximum Gasteiger partial charge on any atom is 0.298 e. The van der Waals surface area contributed by atoms with E-state index in [4.69, 9.17) is 4.74 Å². The number of para-hydroxylation sites is 3. The first kappa shape index (κ1) is 21.4. The van der Waals surface area contributed by atoms with Gasteiger partial charge in [-0.25, -0.2) is 4.90 Å². The molecule has 1 saturated heterocycles. The minimum Gasteiger partial charge on any atom is -0.483 e. The van der Waals surface area contributed by atoms with E-state index in [1.165, 1.54) is 0 Å². The van der Waals surface area contributed by atoms with Crippen LogP contribution in [0.2, 0.25) is 0 Å². The van der Waals surface area contributed by atoms with Gasteiger partial charge in [-0.05, 0) is 54.6 Å². The maximum atomic E-state index is 12.8. The largest absolute Gasteiger partial charge is 0.483 e. The number of carbonyl (C=O) groups is 3. The molecular weight excluding hydrogens is 424 g/mol. The van der Waals surface area contributed by atoms with Gasteiger partial charge >= 0.3 is 0 Å². The second-order valence-electron chi connectivity index (χ2n) is 7.04. The first-order valence-corrected chi connectivity index (χ1v) is 10.7. The number of benzene rings is 3. The Balaban J connectivity index is 1.48. The predicted octanol–water partition coefficient (Wildman–Crippen LogP) is 5.25. The average molecular weight is 445 g/mol. The molecule has 0 atom stereocenters. The molecule has 1 fully saturated rings. The molecule has 0 bridgehead atoms. The number of ether oxygens (including phenoxy) is 1. The molecule has 3 aromatic carbocycles. The van der Waals surface area contributed by atoms with E-state index >= 15 is 0 Å². The van der Waals surface area contributed by atoms with E-state index in [9.17, 15) is 14.4 Å². The van der Waals surface area contributed by atoms with E-state index in [2.05, 4.69) is 5.32 Å². The van der Waals surface area contributed by atoms with Crippen LogP contribution in [-0.4, -0.2) is 23.7 Å². The van der Waals surface area contributed by atoms with Gasteiger partial charge in [-0.3, -0.25) is 14.4 Å². The summed E-state index contributed by atoms with van der Waals surface area (Å²) < 4.78 is 5.72. The van der Waals surface area contributed by atoms with Crippen LogP contribution in [0, 0.1) is 6.92 Å². The predicted molar refractivity (Wildman–Crippen MR) is 127 cm³/mol. The van der Waals surface area contributed by atoms with Crippen molar-refractivity contribution in [3.05, 3.63) is 94.9 Å². The van der Waals surface area contributed by atoms with Crippen molar-refractivity contribution in [3.8, 4) is 5.75 Å². The lowest BCUT2D eigenvalue weighted by molar-refractivity contribution is -0.118. The smallest absolute Gasteiger partial charge is 0.298 e. The highest BCUT2D eigenvalue weighted by atomic mass is 32.2. The highest BCUT2D eigenvalue weighted by Crippen LogP contribution is 2.36. The monoisotopic (exact) mass is 444 g/mol. The number of hydrogen-bond donors (Lipinski definition) is 1. The number of aryl methyl sites for hydroxylation is 1. The number of rotatable bonds is 6. The Hall–Kier alpha value is -3.84. The van der Waals surface area contributed by atoms with Crippen molar-refractivity contribution in [2.45, 2.75) is 6.92 Å². The highest BCUT2D eigenvalue weighted by molar-refractivity contribution is 8.19. The molecule has 3 aromatic rings. The van der Waals surface area contributed by atoms with E-state index in [-0.39, 0.29) is 17.8 Å². The summed E-state index contributed by atoms with van der Waals surface area (Å²) in [6, 6.07) is 23.3. The lowest BCUT2D eigenvalue weighted by Gasteiger charge is -2.12. The maximum absolute atomic E-state index is 12.8. The molecule has 0 saturated carbocycles. The Kier molecular flexibility index (Phi) is 6.37. The third-order valence-electron chi connectivity index (χ3n) is 4.79. The highest BCUT2D eigenvalue weighted by Gasteiger charge is 2.36. The standard InChI is InChI=1S/C25H20N2O4S/c1-17-9-5-7-13-20(17)26-23(28)16-31-21-14-8-6-10-18(21)15-22-24(29)27(25(30)32-22)19-11-3-2-4-12-19/h2-15H,16H2,1H3,(H,26,28)/b22-15-. The number of imide groups is 1. The minimum absolute atomic E-state index is 0.190. The first-order valence-electron chi connectivity index (χ1n) is 9.93. The molecule has 1 aliphatic rings. The molecule has 7 heteroatoms. The number of nitrogens with zero attached hydrogens (tertiary/aromatic N) is 1. The fraction of sp³-hybridized carbons (Fsp3) is 0.0800. The Morgan fingerprint density at radius 1 is 0.969 bits per heavy atom. The van der Waals surface area contributed by atoms with E-state index in [1.807, 2.05) is 37.3 Å². The molecule has 1 heterocycles. The second kappa shape index (κ2) is 9.53. The van der Waals surface area contributed by atoms with E-state index in [1.54, 1.807) is 54.6 Å². The molecule has 0 radical (unpaired) electrons. The van der Waals surface area contributed by atoms with Gasteiger partial charge in [0, 0.05) is 11.3 Å². The zero-order chi connectivity index (χ0) is 22.5. The summed E-state index contributed by atoms with van der Waals surface area (Å²) in [7, 11) is 0. The van der Waals surface area contributed by atoms with Crippen molar-refractivity contribution in [2.75, 3.05) is 16.8 Å². The van der Waals surface area contributed by atoms with Gasteiger partial charge in [-0.15, -0.1) is 0 Å². The van der Waals surface area contributed by atoms with Gasteiger partial charge in [0.2, 0.25) is 0 Å². The number of carbonyl (C=O) groups excluding carboxylic acids is 3. The van der Waals surface area contributed by atoms with Gasteiger partial charge < -0.3 is 10.1 Å². The Bertz CT molecular complexity index is 1210. The molecule has 1 N–H and O–H groups in total. The van der Waals surface area contributed by atoms with Gasteiger partial charge in [0.25, 0.3) is 17.1 Å². The SMILES string of the molecule is Cc1ccccc1NC(=O)COc1ccccc1/C=C1\SC(=O)N(c2ccccc2)C1=O. The van der Waals surface area contributed by atoms with Gasteiger partial charge in [0.1, 0.15) is 5.75 Å². The quantitative estimate of drug-likeness (QED) is 0.526. The topological polar surface area (TPSA) is 75.7 Å². The number of thioether (sulfide) groups is 1. The van der Waals surface area contributed by atoms with Gasteiger partial charge in [-0.2, -0.15) is 0 Å². The van der Waals surface area contributed by atoms with E-state index < -0.39 is 5.91 Å². The molecule has 0 aromatic heterocycles. The minimum atomic E-state index is -0.390. The lowest BCUT2D eigenvalue weighted by Crippen LogP contribution is -2.27. The van der Waals surface area contributed by atoms with Crippen molar-refractivity contribution >= 4 is 46.3 Å². The van der Waals surface area contributed by atoms with Crippen LogP contribution in [-0.2, 0) is 9.59 Å². The fourth-order valence-corrected chi connectivity index (χ4v) is 4.01. The number of hydrogen-bond acceptors (Lipinski definition) is 5. The molecule has 1 aliphatic heterocycles. The number of anilines is 2. The molecule has 32 heavy (non-hydrogen) atoms. The van der Waals surface area contributed by atoms with Gasteiger partial charge in [-0.1, -0.05) is 54.6 Å². The molecule has 0 aliphatic carbocycles. The van der Waals surface area contributed by atoms with Crippen LogP contribution >= 0.6 is 11.8 Å². The summed E-state index contributed by atoms with van der Waals surface area (Å²) in [6.07, 6.45) is 1.61. The van der Waals surface area contributed by atoms with Crippen molar-refractivity contribution in [1.29, 1.82) is 0 Å². The summed E-state index contributed by atoms with van der Waals surface area (Å²) in [6.45, 7) is 1.72. The lowest BCUT2D eigenvalue weighted by atomic mass is 10.2. The summed E-state index contributed by atoms with van der Waals surface area (Å²) in [5.74, 6) is -0.240. The van der Waals surface area contributed by atoms with Crippen LogP contribution in [0.1, 0.15) is 11.1 Å². The summed E-state index contributed by atoms with van der Waals surface area (Å²) >= 11 is 0.872. The van der Waals surface area contributed by atoms with Crippen molar-refractivity contribution in [3.63, 3.8) is 0 Å². The molecule has 4 rings (SSSR count). The van der Waals surface area contributed by atoms with E-state index in [0.29, 0.717) is 21.9 Å². The molecule has 160 valence electrons. The molecule has 0 unspecified atom stereocenters. The second-order valence-corrected chi connectivity index (χ2v) is 8.04. The van der Waals surface area contributed by atoms with Crippen molar-refractivity contribution in [1.82, 2.24) is 0 Å². The fourth-order valence-electron chi connectivity index (χ4n) is 3.18. The van der Waals surface area contributed by atoms with Crippen LogP contribution < -0.4 is 15.0 Å². The van der Waals surface area contributed by atoms with Crippen LogP contribution in [0.3, 0.4) is 0 Å². The summed E-state index contributed by atoms with van der Waals surface area (Å²) in [4.78, 5) is 39.0. The summed E-state index contributed by atoms with van der Waals surface area (Å²) in [5.41, 5.74) is 2.81. The Morgan fingerprint density at radius 3 is 2.44 bits per heavy atom. The molecule has 0 spiro atoms. The average Bonchev–Trinajstić information content (AvgIpc) is 3.08. The van der Waals surface area contributed by atoms with E-state index in [0.717, 1.165) is 27.9 Å². The van der Waals surface area contributed by atoms with Crippen LogP contribution in [0.15, 0.2) is 83.8 Å². The molecule has 3 amide bonds. The van der Waals surface area contributed by atoms with Crippen molar-refractivity contribution < 1.29 is 19.1 Å². The zero-order valence-electron chi connectivity index (χ0n) is 17.3. The molecule has 6 nitrogen and oxygen atoms in total. The van der Waals surface area contributed by atoms with Crippen LogP contribution in [0.4, 0.5) is 16.2 Å².